The maximum atomic E-state index is 12.0. The van der Waals surface area contributed by atoms with Gasteiger partial charge in [0.2, 0.25) is 0 Å². The lowest BCUT2D eigenvalue weighted by molar-refractivity contribution is 0.0935. The zero-order valence-corrected chi connectivity index (χ0v) is 10.9. The number of halogens is 1. The van der Waals surface area contributed by atoms with Crippen molar-refractivity contribution in [3.05, 3.63) is 28.2 Å². The molecule has 0 aromatic heterocycles. The first kappa shape index (κ1) is 11.6. The van der Waals surface area contributed by atoms with Crippen LogP contribution in [-0.2, 0) is 0 Å². The average molecular weight is 283 g/mol. The van der Waals surface area contributed by atoms with Crippen molar-refractivity contribution in [2.75, 3.05) is 7.11 Å². The molecule has 0 atom stereocenters. The number of ether oxygens (including phenoxy) is 1. The minimum absolute atomic E-state index is 0.235. The molecule has 0 bridgehead atoms. The molecule has 2 rings (SSSR count). The van der Waals surface area contributed by atoms with Gasteiger partial charge in [-0.25, -0.2) is 0 Å². The van der Waals surface area contributed by atoms with Gasteiger partial charge in [-0.2, -0.15) is 0 Å². The summed E-state index contributed by atoms with van der Waals surface area (Å²) in [5.74, 6) is 1.62. The fourth-order valence-corrected chi connectivity index (χ4v) is 2.50. The van der Waals surface area contributed by atoms with Crippen LogP contribution < -0.4 is 4.74 Å². The van der Waals surface area contributed by atoms with Gasteiger partial charge >= 0.3 is 0 Å². The molecule has 0 radical (unpaired) electrons. The molecular weight excluding hydrogens is 268 g/mol. The molecule has 16 heavy (non-hydrogen) atoms. The number of carbonyl (C=O) groups is 1. The number of carbonyl (C=O) groups excluding carboxylic acids is 1. The molecule has 86 valence electrons. The van der Waals surface area contributed by atoms with Crippen LogP contribution in [0.15, 0.2) is 22.7 Å². The summed E-state index contributed by atoms with van der Waals surface area (Å²) in [5.41, 5.74) is 0.771. The zero-order chi connectivity index (χ0) is 11.5. The second-order valence-electron chi connectivity index (χ2n) is 4.27. The molecule has 0 amide bonds. The molecular formula is C13H15BrO2. The minimum Gasteiger partial charge on any atom is -0.497 e. The molecule has 1 aliphatic rings. The van der Waals surface area contributed by atoms with Crippen molar-refractivity contribution in [1.29, 1.82) is 0 Å². The molecule has 0 heterocycles. The molecule has 1 aromatic carbocycles. The van der Waals surface area contributed by atoms with E-state index < -0.39 is 0 Å². The Morgan fingerprint density at radius 1 is 1.50 bits per heavy atom. The SMILES string of the molecule is COc1ccc(C(=O)CC2CCC2)c(Br)c1. The number of hydrogen-bond donors (Lipinski definition) is 0. The second-order valence-corrected chi connectivity index (χ2v) is 5.12. The summed E-state index contributed by atoms with van der Waals surface area (Å²) in [6, 6.07) is 5.51. The van der Waals surface area contributed by atoms with Crippen molar-refractivity contribution >= 4 is 21.7 Å². The Kier molecular flexibility index (Phi) is 3.64. The van der Waals surface area contributed by atoms with Gasteiger partial charge in [-0.05, 0) is 40.0 Å². The Morgan fingerprint density at radius 2 is 2.25 bits per heavy atom. The third-order valence-electron chi connectivity index (χ3n) is 3.18. The normalized spacial score (nSPS) is 15.6. The standard InChI is InChI=1S/C13H15BrO2/c1-16-10-5-6-11(12(14)8-10)13(15)7-9-3-2-4-9/h5-6,8-9H,2-4,7H2,1H3. The number of Topliss-reactive ketones (excluding diaryl/α,β-unsaturated/α-hetero) is 1. The van der Waals surface area contributed by atoms with Gasteiger partial charge in [0.05, 0.1) is 7.11 Å². The van der Waals surface area contributed by atoms with Crippen LogP contribution in [0.3, 0.4) is 0 Å². The van der Waals surface area contributed by atoms with Crippen LogP contribution >= 0.6 is 15.9 Å². The Labute approximate surface area is 104 Å². The molecule has 0 aliphatic heterocycles. The lowest BCUT2D eigenvalue weighted by Gasteiger charge is -2.24. The van der Waals surface area contributed by atoms with Gasteiger partial charge in [-0.1, -0.05) is 19.3 Å². The smallest absolute Gasteiger partial charge is 0.164 e. The van der Waals surface area contributed by atoms with Crippen molar-refractivity contribution in [2.24, 2.45) is 5.92 Å². The fraction of sp³-hybridized carbons (Fsp3) is 0.462. The average Bonchev–Trinajstić information content (AvgIpc) is 2.23. The lowest BCUT2D eigenvalue weighted by Crippen LogP contribution is -2.16. The summed E-state index contributed by atoms with van der Waals surface area (Å²) < 4.78 is 5.93. The van der Waals surface area contributed by atoms with Gasteiger partial charge < -0.3 is 4.74 Å². The number of ketones is 1. The van der Waals surface area contributed by atoms with E-state index >= 15 is 0 Å². The Morgan fingerprint density at radius 3 is 2.75 bits per heavy atom. The van der Waals surface area contributed by atoms with E-state index in [1.54, 1.807) is 7.11 Å². The molecule has 3 heteroatoms. The van der Waals surface area contributed by atoms with Crippen molar-refractivity contribution in [2.45, 2.75) is 25.7 Å². The van der Waals surface area contributed by atoms with Gasteiger partial charge in [0, 0.05) is 16.5 Å². The van der Waals surface area contributed by atoms with Gasteiger partial charge in [-0.15, -0.1) is 0 Å². The molecule has 2 nitrogen and oxygen atoms in total. The van der Waals surface area contributed by atoms with Crippen LogP contribution in [0.4, 0.5) is 0 Å². The fourth-order valence-electron chi connectivity index (χ4n) is 1.92. The molecule has 0 saturated heterocycles. The number of hydrogen-bond acceptors (Lipinski definition) is 2. The monoisotopic (exact) mass is 282 g/mol. The molecule has 0 unspecified atom stereocenters. The summed E-state index contributed by atoms with van der Waals surface area (Å²) in [5, 5.41) is 0. The first-order valence-electron chi connectivity index (χ1n) is 5.57. The third-order valence-corrected chi connectivity index (χ3v) is 3.83. The number of benzene rings is 1. The van der Waals surface area contributed by atoms with E-state index in [1.165, 1.54) is 19.3 Å². The summed E-state index contributed by atoms with van der Waals surface area (Å²) >= 11 is 3.42. The van der Waals surface area contributed by atoms with Gasteiger partial charge in [0.25, 0.3) is 0 Å². The van der Waals surface area contributed by atoms with Crippen LogP contribution in [0.2, 0.25) is 0 Å². The van der Waals surface area contributed by atoms with E-state index in [2.05, 4.69) is 15.9 Å². The van der Waals surface area contributed by atoms with E-state index in [9.17, 15) is 4.79 Å². The summed E-state index contributed by atoms with van der Waals surface area (Å²) in [6.07, 6.45) is 4.38. The predicted octanol–water partition coefficient (Wildman–Crippen LogP) is 3.83. The number of rotatable bonds is 4. The molecule has 1 aliphatic carbocycles. The van der Waals surface area contributed by atoms with Crippen LogP contribution in [0.1, 0.15) is 36.0 Å². The highest BCUT2D eigenvalue weighted by Gasteiger charge is 2.22. The van der Waals surface area contributed by atoms with Crippen LogP contribution in [0.5, 0.6) is 5.75 Å². The summed E-state index contributed by atoms with van der Waals surface area (Å²) in [6.45, 7) is 0. The second kappa shape index (κ2) is 5.00. The molecule has 1 aromatic rings. The van der Waals surface area contributed by atoms with Crippen molar-refractivity contribution in [3.63, 3.8) is 0 Å². The predicted molar refractivity (Wildman–Crippen MR) is 67.0 cm³/mol. The highest BCUT2D eigenvalue weighted by Crippen LogP contribution is 2.32. The van der Waals surface area contributed by atoms with Crippen molar-refractivity contribution < 1.29 is 9.53 Å². The molecule has 0 spiro atoms. The molecule has 1 fully saturated rings. The van der Waals surface area contributed by atoms with E-state index in [0.29, 0.717) is 12.3 Å². The highest BCUT2D eigenvalue weighted by atomic mass is 79.9. The van der Waals surface area contributed by atoms with Crippen molar-refractivity contribution in [1.82, 2.24) is 0 Å². The van der Waals surface area contributed by atoms with E-state index in [-0.39, 0.29) is 5.78 Å². The van der Waals surface area contributed by atoms with E-state index in [4.69, 9.17) is 4.74 Å². The zero-order valence-electron chi connectivity index (χ0n) is 9.33. The Bertz CT molecular complexity index is 397. The number of methoxy groups -OCH3 is 1. The molecule has 1 saturated carbocycles. The molecule has 0 N–H and O–H groups in total. The van der Waals surface area contributed by atoms with Crippen LogP contribution in [-0.4, -0.2) is 12.9 Å². The van der Waals surface area contributed by atoms with E-state index in [0.717, 1.165) is 15.8 Å². The van der Waals surface area contributed by atoms with Gasteiger partial charge in [0.1, 0.15) is 5.75 Å². The third kappa shape index (κ3) is 2.46. The highest BCUT2D eigenvalue weighted by molar-refractivity contribution is 9.10. The Hall–Kier alpha value is -0.830. The lowest BCUT2D eigenvalue weighted by atomic mass is 9.81. The first-order valence-corrected chi connectivity index (χ1v) is 6.36. The van der Waals surface area contributed by atoms with Crippen molar-refractivity contribution in [3.8, 4) is 5.75 Å². The minimum atomic E-state index is 0.235. The largest absolute Gasteiger partial charge is 0.497 e. The van der Waals surface area contributed by atoms with Crippen LogP contribution in [0, 0.1) is 5.92 Å². The maximum Gasteiger partial charge on any atom is 0.164 e. The van der Waals surface area contributed by atoms with Gasteiger partial charge in [-0.3, -0.25) is 4.79 Å². The topological polar surface area (TPSA) is 26.3 Å². The van der Waals surface area contributed by atoms with E-state index in [1.807, 2.05) is 18.2 Å². The summed E-state index contributed by atoms with van der Waals surface area (Å²) in [4.78, 5) is 12.0. The summed E-state index contributed by atoms with van der Waals surface area (Å²) in [7, 11) is 1.62. The quantitative estimate of drug-likeness (QED) is 0.785. The van der Waals surface area contributed by atoms with Gasteiger partial charge in [0.15, 0.2) is 5.78 Å². The van der Waals surface area contributed by atoms with Crippen LogP contribution in [0.25, 0.3) is 0 Å². The first-order chi connectivity index (χ1) is 7.70. The maximum absolute atomic E-state index is 12.0. The Balaban J connectivity index is 2.09.